The number of hydrogen-bond donors (Lipinski definition) is 0. The fourth-order valence-corrected chi connectivity index (χ4v) is 7.89. The normalized spacial score (nSPS) is 11.3. The van der Waals surface area contributed by atoms with Gasteiger partial charge in [0.15, 0.2) is 0 Å². The fourth-order valence-electron chi connectivity index (χ4n) is 4.26. The number of aryl methyl sites for hydroxylation is 2. The average molecular weight is 477 g/mol. The van der Waals surface area contributed by atoms with Gasteiger partial charge < -0.3 is 0 Å². The van der Waals surface area contributed by atoms with Crippen LogP contribution in [-0.4, -0.2) is 8.07 Å². The fraction of sp³-hybridized carbons (Fsp3) is 0.182. The molecule has 132 valence electrons. The first-order valence-corrected chi connectivity index (χ1v) is 18.0. The summed E-state index contributed by atoms with van der Waals surface area (Å²) in [5.74, 6) is 0. The van der Waals surface area contributed by atoms with Gasteiger partial charge in [0.05, 0.1) is 0 Å². The second-order valence-corrected chi connectivity index (χ2v) is 15.3. The van der Waals surface area contributed by atoms with Crippen molar-refractivity contribution in [2.75, 3.05) is 0 Å². The number of hydrogen-bond acceptors (Lipinski definition) is 0. The molecule has 0 aliphatic heterocycles. The number of halogens is 2. The molecule has 0 aromatic heterocycles. The standard InChI is InChI=1S/C22H22Si.2ClH.Zr/c1-15-12-17-9-7-11-21(20(17)13-15)23(3,4)22-16(2)14-18-8-5-6-10-19(18)22;;;/h5-14H,1-4H3;2*1H;/q-2;;;+4/p-2. The van der Waals surface area contributed by atoms with Crippen molar-refractivity contribution in [3.8, 4) is 0 Å². The Labute approximate surface area is 175 Å². The van der Waals surface area contributed by atoms with Crippen LogP contribution < -0.4 is 10.4 Å². The summed E-state index contributed by atoms with van der Waals surface area (Å²) < 4.78 is 0. The molecule has 0 saturated heterocycles. The summed E-state index contributed by atoms with van der Waals surface area (Å²) in [6.45, 7) is 9.47. The van der Waals surface area contributed by atoms with Crippen molar-refractivity contribution in [1.82, 2.24) is 0 Å². The molecule has 0 fully saturated rings. The van der Waals surface area contributed by atoms with Gasteiger partial charge in [-0.2, -0.15) is 12.1 Å². The van der Waals surface area contributed by atoms with Crippen LogP contribution in [0.15, 0.2) is 60.7 Å². The van der Waals surface area contributed by atoms with Crippen LogP contribution in [0.3, 0.4) is 0 Å². The molecule has 0 nitrogen and oxygen atoms in total. The first-order chi connectivity index (χ1) is 12.4. The van der Waals surface area contributed by atoms with Gasteiger partial charge in [-0.3, -0.25) is 0 Å². The van der Waals surface area contributed by atoms with Crippen LogP contribution in [0.1, 0.15) is 11.1 Å². The third kappa shape index (κ3) is 3.67. The van der Waals surface area contributed by atoms with E-state index in [-0.39, 0.29) is 0 Å². The van der Waals surface area contributed by atoms with E-state index in [9.17, 15) is 0 Å². The van der Waals surface area contributed by atoms with Gasteiger partial charge in [-0.05, 0) is 0 Å². The van der Waals surface area contributed by atoms with E-state index in [0.29, 0.717) is 0 Å². The Morgan fingerprint density at radius 2 is 1.58 bits per heavy atom. The van der Waals surface area contributed by atoms with E-state index >= 15 is 0 Å². The molecule has 0 aliphatic rings. The van der Waals surface area contributed by atoms with E-state index in [1.807, 2.05) is 0 Å². The Morgan fingerprint density at radius 3 is 2.31 bits per heavy atom. The maximum atomic E-state index is 4.93. The summed E-state index contributed by atoms with van der Waals surface area (Å²) >= 11 is -0.826. The summed E-state index contributed by atoms with van der Waals surface area (Å²) in [5.41, 5.74) is 2.81. The third-order valence-corrected chi connectivity index (χ3v) is 8.89. The van der Waals surface area contributed by atoms with Gasteiger partial charge in [-0.15, -0.1) is 79.4 Å². The molecule has 0 aliphatic carbocycles. The van der Waals surface area contributed by atoms with Crippen molar-refractivity contribution in [3.63, 3.8) is 0 Å². The zero-order valence-electron chi connectivity index (χ0n) is 15.5. The van der Waals surface area contributed by atoms with E-state index in [0.717, 1.165) is 0 Å². The van der Waals surface area contributed by atoms with Crippen LogP contribution in [0.2, 0.25) is 13.1 Å². The van der Waals surface area contributed by atoms with Gasteiger partial charge in [0.1, 0.15) is 0 Å². The molecular weight excluding hydrogens is 454 g/mol. The van der Waals surface area contributed by atoms with E-state index in [1.165, 1.54) is 32.7 Å². The van der Waals surface area contributed by atoms with Gasteiger partial charge in [0.2, 0.25) is 0 Å². The molecule has 4 rings (SSSR count). The molecule has 0 spiro atoms. The van der Waals surface area contributed by atoms with Gasteiger partial charge in [-0.25, -0.2) is 0 Å². The average Bonchev–Trinajstić information content (AvgIpc) is 3.13. The molecule has 0 saturated carbocycles. The zero-order valence-corrected chi connectivity index (χ0v) is 20.5. The van der Waals surface area contributed by atoms with Gasteiger partial charge in [-0.1, -0.05) is 39.1 Å². The first kappa shape index (κ1) is 20.1. The summed E-state index contributed by atoms with van der Waals surface area (Å²) in [6.07, 6.45) is 0. The second kappa shape index (κ2) is 8.15. The second-order valence-electron chi connectivity index (χ2n) is 7.33. The maximum absolute atomic E-state index is 4.93. The van der Waals surface area contributed by atoms with Crippen LogP contribution >= 0.6 is 17.0 Å². The number of fused-ring (bicyclic) bond motifs is 2. The van der Waals surface area contributed by atoms with Crippen molar-refractivity contribution < 1.29 is 20.8 Å². The summed E-state index contributed by atoms with van der Waals surface area (Å²) in [5, 5.41) is 8.82. The Balaban J connectivity index is 0.000000613. The van der Waals surface area contributed by atoms with Crippen molar-refractivity contribution in [3.05, 3.63) is 71.8 Å². The van der Waals surface area contributed by atoms with Gasteiger partial charge >= 0.3 is 37.9 Å². The van der Waals surface area contributed by atoms with Crippen molar-refractivity contribution in [2.24, 2.45) is 0 Å². The molecule has 0 atom stereocenters. The van der Waals surface area contributed by atoms with Crippen LogP contribution in [0.4, 0.5) is 0 Å². The summed E-state index contributed by atoms with van der Waals surface area (Å²) in [7, 11) is 8.10. The van der Waals surface area contributed by atoms with Gasteiger partial charge in [0.25, 0.3) is 0 Å². The predicted octanol–water partition coefficient (Wildman–Crippen LogP) is 6.25. The minimum atomic E-state index is -1.76. The molecule has 0 unspecified atom stereocenters. The summed E-state index contributed by atoms with van der Waals surface area (Å²) in [4.78, 5) is 0. The van der Waals surface area contributed by atoms with Crippen LogP contribution in [0.25, 0.3) is 21.5 Å². The molecular formula is C22H22Cl2SiZr. The van der Waals surface area contributed by atoms with Crippen molar-refractivity contribution in [2.45, 2.75) is 26.9 Å². The minimum absolute atomic E-state index is 0.826. The third-order valence-electron chi connectivity index (χ3n) is 5.19. The molecule has 0 N–H and O–H groups in total. The Hall–Kier alpha value is -0.660. The Morgan fingerprint density at radius 1 is 0.923 bits per heavy atom. The molecule has 4 aromatic carbocycles. The van der Waals surface area contributed by atoms with Crippen LogP contribution in [0, 0.1) is 13.8 Å². The summed E-state index contributed by atoms with van der Waals surface area (Å²) in [6, 6.07) is 22.7. The Kier molecular flexibility index (Phi) is 6.29. The molecule has 4 aromatic rings. The quantitative estimate of drug-likeness (QED) is 0.237. The van der Waals surface area contributed by atoms with Crippen molar-refractivity contribution >= 4 is 57.0 Å². The molecule has 0 bridgehead atoms. The van der Waals surface area contributed by atoms with E-state index in [1.54, 1.807) is 10.4 Å². The molecule has 26 heavy (non-hydrogen) atoms. The van der Waals surface area contributed by atoms with E-state index < -0.39 is 28.9 Å². The Bertz CT molecular complexity index is 1040. The van der Waals surface area contributed by atoms with Crippen LogP contribution in [-0.2, 0) is 20.8 Å². The SMILES string of the molecule is Cc1cc2cccc([Si](C)(C)[c-]3c(C)cc4ccccc43)c2[cH-]1.[Cl][Zr+2][Cl]. The van der Waals surface area contributed by atoms with Crippen LogP contribution in [0.5, 0.6) is 0 Å². The molecule has 0 amide bonds. The predicted molar refractivity (Wildman–Crippen MR) is 117 cm³/mol. The number of benzene rings is 2. The molecule has 0 radical (unpaired) electrons. The number of rotatable bonds is 2. The van der Waals surface area contributed by atoms with Gasteiger partial charge in [0, 0.05) is 8.07 Å². The van der Waals surface area contributed by atoms with E-state index in [4.69, 9.17) is 17.0 Å². The monoisotopic (exact) mass is 474 g/mol. The van der Waals surface area contributed by atoms with E-state index in [2.05, 4.69) is 87.6 Å². The molecule has 4 heteroatoms. The zero-order chi connectivity index (χ0) is 18.9. The first-order valence-electron chi connectivity index (χ1n) is 8.68. The topological polar surface area (TPSA) is 0 Å². The molecule has 0 heterocycles. The van der Waals surface area contributed by atoms with Crippen molar-refractivity contribution in [1.29, 1.82) is 0 Å².